The van der Waals surface area contributed by atoms with Crippen molar-refractivity contribution in [3.63, 3.8) is 0 Å². The van der Waals surface area contributed by atoms with E-state index < -0.39 is 0 Å². The van der Waals surface area contributed by atoms with Crippen LogP contribution in [-0.4, -0.2) is 30.5 Å². The van der Waals surface area contributed by atoms with Crippen LogP contribution in [0.25, 0.3) is 0 Å². The van der Waals surface area contributed by atoms with Gasteiger partial charge in [0.1, 0.15) is 5.82 Å². The predicted octanol–water partition coefficient (Wildman–Crippen LogP) is 1.97. The number of anilines is 1. The molecule has 0 aliphatic carbocycles. The molecule has 0 saturated heterocycles. The Hall–Kier alpha value is -1.09. The van der Waals surface area contributed by atoms with Crippen molar-refractivity contribution >= 4 is 5.82 Å². The Labute approximate surface area is 86.2 Å². The van der Waals surface area contributed by atoms with Gasteiger partial charge in [-0.1, -0.05) is 13.0 Å². The third-order valence-electron chi connectivity index (χ3n) is 2.17. The van der Waals surface area contributed by atoms with Crippen LogP contribution < -0.4 is 5.32 Å². The second kappa shape index (κ2) is 5.60. The first-order valence-electron chi connectivity index (χ1n) is 5.08. The number of nitrogens with one attached hydrogen (secondary N) is 1. The van der Waals surface area contributed by atoms with Crippen LogP contribution >= 0.6 is 0 Å². The lowest BCUT2D eigenvalue weighted by Gasteiger charge is -2.17. The Kier molecular flexibility index (Phi) is 4.40. The van der Waals surface area contributed by atoms with E-state index in [0.717, 1.165) is 18.9 Å². The van der Waals surface area contributed by atoms with Gasteiger partial charge in [-0.25, -0.2) is 4.98 Å². The molecule has 0 aromatic carbocycles. The fraction of sp³-hybridized carbons (Fsp3) is 0.545. The molecule has 1 N–H and O–H groups in total. The fourth-order valence-electron chi connectivity index (χ4n) is 1.54. The molecule has 0 aliphatic heterocycles. The van der Waals surface area contributed by atoms with Crippen LogP contribution in [0.3, 0.4) is 0 Å². The summed E-state index contributed by atoms with van der Waals surface area (Å²) < 4.78 is 0. The maximum Gasteiger partial charge on any atom is 0.130 e. The summed E-state index contributed by atoms with van der Waals surface area (Å²) in [5.74, 6) is 0.982. The van der Waals surface area contributed by atoms with E-state index >= 15 is 0 Å². The molecule has 0 bridgehead atoms. The van der Waals surface area contributed by atoms with Crippen LogP contribution in [0.5, 0.6) is 0 Å². The maximum atomic E-state index is 4.27. The SMILES string of the molecule is CCCN(C)Cc1cccnc1NC. The first-order valence-corrected chi connectivity index (χ1v) is 5.08. The van der Waals surface area contributed by atoms with Gasteiger partial charge in [0.2, 0.25) is 0 Å². The highest BCUT2D eigenvalue weighted by Crippen LogP contribution is 2.12. The molecule has 0 amide bonds. The van der Waals surface area contributed by atoms with Crippen molar-refractivity contribution in [1.29, 1.82) is 0 Å². The van der Waals surface area contributed by atoms with Crippen LogP contribution in [0.1, 0.15) is 18.9 Å². The molecule has 0 unspecified atom stereocenters. The maximum absolute atomic E-state index is 4.27. The van der Waals surface area contributed by atoms with Gasteiger partial charge in [0, 0.05) is 25.4 Å². The minimum atomic E-state index is 0.956. The smallest absolute Gasteiger partial charge is 0.130 e. The van der Waals surface area contributed by atoms with Gasteiger partial charge in [0.05, 0.1) is 0 Å². The fourth-order valence-corrected chi connectivity index (χ4v) is 1.54. The van der Waals surface area contributed by atoms with Gasteiger partial charge >= 0.3 is 0 Å². The molecule has 1 rings (SSSR count). The summed E-state index contributed by atoms with van der Waals surface area (Å²) in [5, 5.41) is 3.11. The largest absolute Gasteiger partial charge is 0.373 e. The number of nitrogens with zero attached hydrogens (tertiary/aromatic N) is 2. The number of pyridine rings is 1. The highest BCUT2D eigenvalue weighted by molar-refractivity contribution is 5.42. The van der Waals surface area contributed by atoms with Gasteiger partial charge < -0.3 is 10.2 Å². The Morgan fingerprint density at radius 2 is 2.29 bits per heavy atom. The third kappa shape index (κ3) is 3.00. The predicted molar refractivity (Wildman–Crippen MR) is 60.4 cm³/mol. The monoisotopic (exact) mass is 193 g/mol. The second-order valence-corrected chi connectivity index (χ2v) is 3.50. The summed E-state index contributed by atoms with van der Waals surface area (Å²) in [5.41, 5.74) is 1.26. The first-order chi connectivity index (χ1) is 6.77. The van der Waals surface area contributed by atoms with Crippen LogP contribution in [-0.2, 0) is 6.54 Å². The van der Waals surface area contributed by atoms with Crippen molar-refractivity contribution in [2.24, 2.45) is 0 Å². The lowest BCUT2D eigenvalue weighted by atomic mass is 10.2. The molecule has 1 aromatic rings. The number of aromatic nitrogens is 1. The molecule has 78 valence electrons. The minimum Gasteiger partial charge on any atom is -0.373 e. The van der Waals surface area contributed by atoms with E-state index in [1.54, 1.807) is 0 Å². The van der Waals surface area contributed by atoms with Crippen molar-refractivity contribution in [1.82, 2.24) is 9.88 Å². The van der Waals surface area contributed by atoms with Gasteiger partial charge in [-0.15, -0.1) is 0 Å². The first kappa shape index (κ1) is 11.0. The van der Waals surface area contributed by atoms with Gasteiger partial charge in [-0.2, -0.15) is 0 Å². The molecule has 0 aliphatic rings. The Bertz CT molecular complexity index is 273. The Balaban J connectivity index is 2.65. The van der Waals surface area contributed by atoms with Crippen molar-refractivity contribution in [2.45, 2.75) is 19.9 Å². The van der Waals surface area contributed by atoms with E-state index in [2.05, 4.69) is 35.2 Å². The van der Waals surface area contributed by atoms with Gasteiger partial charge in [-0.05, 0) is 26.1 Å². The van der Waals surface area contributed by atoms with E-state index in [1.807, 2.05) is 19.3 Å². The van der Waals surface area contributed by atoms with Crippen LogP contribution in [0.2, 0.25) is 0 Å². The number of hydrogen-bond donors (Lipinski definition) is 1. The topological polar surface area (TPSA) is 28.2 Å². The minimum absolute atomic E-state index is 0.956. The normalized spacial score (nSPS) is 10.6. The highest BCUT2D eigenvalue weighted by atomic mass is 15.1. The van der Waals surface area contributed by atoms with Crippen molar-refractivity contribution in [3.05, 3.63) is 23.9 Å². The summed E-state index contributed by atoms with van der Waals surface area (Å²) in [6, 6.07) is 4.10. The van der Waals surface area contributed by atoms with E-state index in [1.165, 1.54) is 12.0 Å². The molecular formula is C11H19N3. The lowest BCUT2D eigenvalue weighted by Crippen LogP contribution is -2.19. The molecule has 14 heavy (non-hydrogen) atoms. The molecule has 0 spiro atoms. The summed E-state index contributed by atoms with van der Waals surface area (Å²) in [6.07, 6.45) is 3.00. The van der Waals surface area contributed by atoms with Crippen molar-refractivity contribution in [3.8, 4) is 0 Å². The molecule has 3 nitrogen and oxygen atoms in total. The van der Waals surface area contributed by atoms with Crippen molar-refractivity contribution in [2.75, 3.05) is 26.0 Å². The average molecular weight is 193 g/mol. The standard InChI is InChI=1S/C11H19N3/c1-4-8-14(3)9-10-6-5-7-13-11(10)12-2/h5-7H,4,8-9H2,1-3H3,(H,12,13). The molecule has 0 radical (unpaired) electrons. The van der Waals surface area contributed by atoms with Crippen LogP contribution in [0.4, 0.5) is 5.82 Å². The summed E-state index contributed by atoms with van der Waals surface area (Å²) in [6.45, 7) is 4.27. The molecule has 0 fully saturated rings. The molecule has 0 atom stereocenters. The van der Waals surface area contributed by atoms with E-state index in [4.69, 9.17) is 0 Å². The summed E-state index contributed by atoms with van der Waals surface area (Å²) >= 11 is 0. The van der Waals surface area contributed by atoms with Crippen molar-refractivity contribution < 1.29 is 0 Å². The molecular weight excluding hydrogens is 174 g/mol. The average Bonchev–Trinajstić information content (AvgIpc) is 2.19. The second-order valence-electron chi connectivity index (χ2n) is 3.50. The lowest BCUT2D eigenvalue weighted by molar-refractivity contribution is 0.328. The van der Waals surface area contributed by atoms with Gasteiger partial charge in [0.25, 0.3) is 0 Å². The zero-order valence-corrected chi connectivity index (χ0v) is 9.25. The number of hydrogen-bond acceptors (Lipinski definition) is 3. The molecule has 1 aromatic heterocycles. The van der Waals surface area contributed by atoms with Gasteiger partial charge in [0.15, 0.2) is 0 Å². The van der Waals surface area contributed by atoms with Gasteiger partial charge in [-0.3, -0.25) is 0 Å². The summed E-state index contributed by atoms with van der Waals surface area (Å²) in [4.78, 5) is 6.58. The highest BCUT2D eigenvalue weighted by Gasteiger charge is 2.03. The quantitative estimate of drug-likeness (QED) is 0.775. The van der Waals surface area contributed by atoms with E-state index in [0.29, 0.717) is 0 Å². The van der Waals surface area contributed by atoms with Crippen LogP contribution in [0.15, 0.2) is 18.3 Å². The van der Waals surface area contributed by atoms with E-state index in [9.17, 15) is 0 Å². The molecule has 3 heteroatoms. The molecule has 1 heterocycles. The zero-order valence-electron chi connectivity index (χ0n) is 9.25. The zero-order chi connectivity index (χ0) is 10.4. The Morgan fingerprint density at radius 3 is 2.93 bits per heavy atom. The third-order valence-corrected chi connectivity index (χ3v) is 2.17. The molecule has 0 saturated carbocycles. The van der Waals surface area contributed by atoms with E-state index in [-0.39, 0.29) is 0 Å². The number of rotatable bonds is 5. The summed E-state index contributed by atoms with van der Waals surface area (Å²) in [7, 11) is 4.04. The Morgan fingerprint density at radius 1 is 1.50 bits per heavy atom. The van der Waals surface area contributed by atoms with Crippen LogP contribution in [0, 0.1) is 0 Å².